The minimum absolute atomic E-state index is 0.953. The Balaban J connectivity index is 0.000000390. The van der Waals surface area contributed by atoms with Crippen molar-refractivity contribution in [2.45, 2.75) is 18.9 Å². The van der Waals surface area contributed by atoms with Crippen molar-refractivity contribution >= 4 is 11.9 Å². The number of furan rings is 1. The lowest BCUT2D eigenvalue weighted by Crippen LogP contribution is -2.42. The molecule has 0 aliphatic carbocycles. The van der Waals surface area contributed by atoms with Crippen LogP contribution in [-0.4, -0.2) is 65.6 Å². The molecule has 0 aromatic carbocycles. The molecule has 13 heteroatoms. The molecule has 0 amide bonds. The summed E-state index contributed by atoms with van der Waals surface area (Å²) in [5, 5.41) is 17.6. The Morgan fingerprint density at radius 3 is 1.77 bits per heavy atom. The number of carbonyl (C=O) groups is 2. The highest BCUT2D eigenvalue weighted by Gasteiger charge is 2.38. The summed E-state index contributed by atoms with van der Waals surface area (Å²) < 4.78 is 68.7. The second-order valence-electron chi connectivity index (χ2n) is 4.71. The zero-order chi connectivity index (χ0) is 20.4. The van der Waals surface area contributed by atoms with Crippen molar-refractivity contribution in [3.8, 4) is 0 Å². The first-order chi connectivity index (χ1) is 11.8. The van der Waals surface area contributed by atoms with Gasteiger partial charge in [0.2, 0.25) is 0 Å². The van der Waals surface area contributed by atoms with Crippen LogP contribution in [0.4, 0.5) is 26.3 Å². The topological polar surface area (TPSA) is 103 Å². The highest BCUT2D eigenvalue weighted by molar-refractivity contribution is 5.73. The maximum Gasteiger partial charge on any atom is 0.490 e. The predicted octanol–water partition coefficient (Wildman–Crippen LogP) is 1.95. The van der Waals surface area contributed by atoms with E-state index in [0.717, 1.165) is 38.5 Å². The predicted molar refractivity (Wildman–Crippen MR) is 74.2 cm³/mol. The monoisotopic (exact) mass is 394 g/mol. The van der Waals surface area contributed by atoms with Crippen LogP contribution in [0, 0.1) is 0 Å². The normalized spacial score (nSPS) is 15.2. The fourth-order valence-corrected chi connectivity index (χ4v) is 1.49. The number of halogens is 6. The Hall–Kier alpha value is -2.28. The molecule has 2 heterocycles. The molecule has 0 bridgehead atoms. The van der Waals surface area contributed by atoms with Gasteiger partial charge in [0.25, 0.3) is 0 Å². The van der Waals surface area contributed by atoms with Crippen LogP contribution in [0.5, 0.6) is 0 Å². The SMILES string of the molecule is O=C(O)C(F)(F)F.O=C(O)C(F)(F)F.c1coc(CN2CCNCC2)c1. The molecule has 1 aromatic rings. The Morgan fingerprint density at radius 1 is 1.04 bits per heavy atom. The van der Waals surface area contributed by atoms with Crippen molar-refractivity contribution < 1.29 is 50.6 Å². The summed E-state index contributed by atoms with van der Waals surface area (Å²) in [6, 6.07) is 3.97. The molecule has 0 atom stereocenters. The van der Waals surface area contributed by atoms with E-state index in [1.165, 1.54) is 0 Å². The van der Waals surface area contributed by atoms with Crippen molar-refractivity contribution in [1.29, 1.82) is 0 Å². The van der Waals surface area contributed by atoms with Crippen LogP contribution in [-0.2, 0) is 16.1 Å². The van der Waals surface area contributed by atoms with Crippen molar-refractivity contribution in [1.82, 2.24) is 10.2 Å². The lowest BCUT2D eigenvalue weighted by atomic mass is 10.3. The molecular weight excluding hydrogens is 378 g/mol. The third-order valence-corrected chi connectivity index (χ3v) is 2.65. The minimum Gasteiger partial charge on any atom is -0.475 e. The Bertz CT molecular complexity index is 514. The molecule has 1 fully saturated rings. The molecule has 0 spiro atoms. The van der Waals surface area contributed by atoms with Crippen molar-refractivity contribution in [2.75, 3.05) is 26.2 Å². The summed E-state index contributed by atoms with van der Waals surface area (Å²) in [7, 11) is 0. The van der Waals surface area contributed by atoms with E-state index >= 15 is 0 Å². The van der Waals surface area contributed by atoms with E-state index < -0.39 is 24.3 Å². The number of alkyl halides is 6. The maximum absolute atomic E-state index is 10.6. The van der Waals surface area contributed by atoms with Gasteiger partial charge in [-0.1, -0.05) is 0 Å². The molecule has 0 unspecified atom stereocenters. The summed E-state index contributed by atoms with van der Waals surface area (Å²) in [5.41, 5.74) is 0. The molecule has 1 aliphatic rings. The van der Waals surface area contributed by atoms with Crippen LogP contribution >= 0.6 is 0 Å². The summed E-state index contributed by atoms with van der Waals surface area (Å²) >= 11 is 0. The number of hydrogen-bond acceptors (Lipinski definition) is 5. The third kappa shape index (κ3) is 11.3. The van der Waals surface area contributed by atoms with Gasteiger partial charge in [0.1, 0.15) is 5.76 Å². The van der Waals surface area contributed by atoms with Gasteiger partial charge < -0.3 is 19.9 Å². The number of nitrogens with zero attached hydrogens (tertiary/aromatic N) is 1. The van der Waals surface area contributed by atoms with Gasteiger partial charge in [0, 0.05) is 26.2 Å². The van der Waals surface area contributed by atoms with Crippen molar-refractivity contribution in [3.05, 3.63) is 24.2 Å². The molecule has 26 heavy (non-hydrogen) atoms. The molecule has 7 nitrogen and oxygen atoms in total. The van der Waals surface area contributed by atoms with Gasteiger partial charge in [-0.2, -0.15) is 26.3 Å². The first-order valence-corrected chi connectivity index (χ1v) is 6.89. The van der Waals surface area contributed by atoms with Crippen LogP contribution in [0.3, 0.4) is 0 Å². The van der Waals surface area contributed by atoms with Crippen LogP contribution in [0.25, 0.3) is 0 Å². The summed E-state index contributed by atoms with van der Waals surface area (Å²) in [6.45, 7) is 5.40. The lowest BCUT2D eigenvalue weighted by Gasteiger charge is -2.25. The molecule has 1 saturated heterocycles. The zero-order valence-electron chi connectivity index (χ0n) is 13.1. The van der Waals surface area contributed by atoms with E-state index in [0.29, 0.717) is 0 Å². The molecule has 1 aliphatic heterocycles. The number of hydrogen-bond donors (Lipinski definition) is 3. The fourth-order valence-electron chi connectivity index (χ4n) is 1.49. The zero-order valence-corrected chi connectivity index (χ0v) is 13.1. The average Bonchev–Trinajstić information content (AvgIpc) is 3.00. The van der Waals surface area contributed by atoms with Gasteiger partial charge in [0.05, 0.1) is 12.8 Å². The highest BCUT2D eigenvalue weighted by Crippen LogP contribution is 2.13. The van der Waals surface area contributed by atoms with Crippen molar-refractivity contribution in [2.24, 2.45) is 0 Å². The number of nitrogens with one attached hydrogen (secondary N) is 1. The first kappa shape index (κ1) is 23.7. The number of rotatable bonds is 2. The second-order valence-corrected chi connectivity index (χ2v) is 4.71. The average molecular weight is 394 g/mol. The van der Waals surface area contributed by atoms with Crippen LogP contribution in [0.15, 0.2) is 22.8 Å². The van der Waals surface area contributed by atoms with E-state index in [1.54, 1.807) is 6.26 Å². The van der Waals surface area contributed by atoms with Gasteiger partial charge in [0.15, 0.2) is 0 Å². The van der Waals surface area contributed by atoms with E-state index in [2.05, 4.69) is 10.2 Å². The van der Waals surface area contributed by atoms with E-state index in [9.17, 15) is 26.3 Å². The third-order valence-electron chi connectivity index (χ3n) is 2.65. The largest absolute Gasteiger partial charge is 0.490 e. The highest BCUT2D eigenvalue weighted by atomic mass is 19.4. The smallest absolute Gasteiger partial charge is 0.475 e. The quantitative estimate of drug-likeness (QED) is 0.659. The Kier molecular flexibility index (Phi) is 9.72. The van der Waals surface area contributed by atoms with Gasteiger partial charge >= 0.3 is 24.3 Å². The molecule has 1 aromatic heterocycles. The molecule has 150 valence electrons. The van der Waals surface area contributed by atoms with E-state index in [1.807, 2.05) is 12.1 Å². The van der Waals surface area contributed by atoms with E-state index in [4.69, 9.17) is 24.2 Å². The Labute approximate surface area is 143 Å². The molecule has 2 rings (SSSR count). The van der Waals surface area contributed by atoms with Gasteiger partial charge in [-0.25, -0.2) is 9.59 Å². The number of carboxylic acids is 2. The number of carboxylic acid groups (broad SMARTS) is 2. The molecule has 0 saturated carbocycles. The fraction of sp³-hybridized carbons (Fsp3) is 0.538. The summed E-state index contributed by atoms with van der Waals surface area (Å²) in [5.74, 6) is -4.45. The van der Waals surface area contributed by atoms with E-state index in [-0.39, 0.29) is 0 Å². The minimum atomic E-state index is -5.08. The number of aliphatic carboxylic acids is 2. The van der Waals surface area contributed by atoms with Gasteiger partial charge in [-0.3, -0.25) is 4.90 Å². The Morgan fingerprint density at radius 2 is 1.46 bits per heavy atom. The van der Waals surface area contributed by atoms with Gasteiger partial charge in [-0.05, 0) is 12.1 Å². The lowest BCUT2D eigenvalue weighted by molar-refractivity contribution is -0.193. The van der Waals surface area contributed by atoms with Crippen LogP contribution in [0.2, 0.25) is 0 Å². The summed E-state index contributed by atoms with van der Waals surface area (Å²) in [4.78, 5) is 20.2. The molecule has 0 radical (unpaired) electrons. The number of piperazine rings is 1. The molecule has 3 N–H and O–H groups in total. The second kappa shape index (κ2) is 10.7. The van der Waals surface area contributed by atoms with Crippen LogP contribution in [0.1, 0.15) is 5.76 Å². The van der Waals surface area contributed by atoms with Gasteiger partial charge in [-0.15, -0.1) is 0 Å². The standard InChI is InChI=1S/C9H14N2O.2C2HF3O2/c1-2-9(12-7-1)8-11-5-3-10-4-6-11;2*3-2(4,5)1(6)7/h1-2,7,10H,3-6,8H2;2*(H,6,7). The summed E-state index contributed by atoms with van der Waals surface area (Å²) in [6.07, 6.45) is -8.43. The van der Waals surface area contributed by atoms with Crippen molar-refractivity contribution in [3.63, 3.8) is 0 Å². The first-order valence-electron chi connectivity index (χ1n) is 6.89. The van der Waals surface area contributed by atoms with Crippen LogP contribution < -0.4 is 5.32 Å². The molecular formula is C13H16F6N2O5. The maximum atomic E-state index is 10.6.